The lowest BCUT2D eigenvalue weighted by Gasteiger charge is -2.20. The minimum absolute atomic E-state index is 0.0786. The van der Waals surface area contributed by atoms with Gasteiger partial charge in [-0.1, -0.05) is 48.3 Å². The summed E-state index contributed by atoms with van der Waals surface area (Å²) in [5.41, 5.74) is 1.34. The van der Waals surface area contributed by atoms with E-state index in [0.717, 1.165) is 18.1 Å². The van der Waals surface area contributed by atoms with Crippen molar-refractivity contribution in [2.24, 2.45) is 0 Å². The van der Waals surface area contributed by atoms with Gasteiger partial charge in [0.2, 0.25) is 5.91 Å². The molecule has 9 nitrogen and oxygen atoms in total. The number of halogens is 2. The van der Waals surface area contributed by atoms with Crippen LogP contribution in [0.25, 0.3) is 0 Å². The number of rotatable bonds is 9. The van der Waals surface area contributed by atoms with Crippen LogP contribution in [0.1, 0.15) is 53.4 Å². The van der Waals surface area contributed by atoms with Crippen LogP contribution in [0.3, 0.4) is 0 Å². The Labute approximate surface area is 217 Å². The van der Waals surface area contributed by atoms with Gasteiger partial charge in [-0.3, -0.25) is 9.59 Å². The van der Waals surface area contributed by atoms with Crippen molar-refractivity contribution < 1.29 is 19.5 Å². The van der Waals surface area contributed by atoms with E-state index in [0.29, 0.717) is 30.5 Å². The Morgan fingerprint density at radius 1 is 1.11 bits per heavy atom. The zero-order chi connectivity index (χ0) is 25.8. The third kappa shape index (κ3) is 5.52. The Morgan fingerprint density at radius 2 is 1.81 bits per heavy atom. The lowest BCUT2D eigenvalue weighted by Crippen LogP contribution is -2.45. The van der Waals surface area contributed by atoms with E-state index in [1.807, 2.05) is 11.5 Å². The maximum Gasteiger partial charge on any atom is 0.326 e. The summed E-state index contributed by atoms with van der Waals surface area (Å²) < 4.78 is 1.83. The number of hydrogen-bond donors (Lipinski definition) is 3. The maximum absolute atomic E-state index is 13.0. The molecule has 3 aromatic rings. The van der Waals surface area contributed by atoms with Gasteiger partial charge in [0.25, 0.3) is 5.91 Å². The molecule has 1 aliphatic heterocycles. The Kier molecular flexibility index (Phi) is 7.91. The minimum Gasteiger partial charge on any atom is -0.480 e. The first-order valence-electron chi connectivity index (χ1n) is 11.6. The normalized spacial score (nSPS) is 15.2. The molecule has 0 saturated heterocycles. The van der Waals surface area contributed by atoms with Crippen molar-refractivity contribution in [1.29, 1.82) is 0 Å². The van der Waals surface area contributed by atoms with Gasteiger partial charge in [-0.05, 0) is 42.7 Å². The number of nitrogens with one attached hydrogen (secondary N) is 2. The van der Waals surface area contributed by atoms with Gasteiger partial charge in [-0.15, -0.1) is 10.2 Å². The van der Waals surface area contributed by atoms with Crippen molar-refractivity contribution in [3.63, 3.8) is 0 Å². The number of carboxylic acid groups (broad SMARTS) is 1. The molecule has 0 saturated carbocycles. The van der Waals surface area contributed by atoms with Crippen LogP contribution in [0.2, 0.25) is 10.0 Å². The van der Waals surface area contributed by atoms with Gasteiger partial charge in [-0.2, -0.15) is 0 Å². The average molecular weight is 530 g/mol. The molecule has 1 aromatic heterocycles. The predicted molar refractivity (Wildman–Crippen MR) is 136 cm³/mol. The van der Waals surface area contributed by atoms with Gasteiger partial charge < -0.3 is 20.3 Å². The van der Waals surface area contributed by atoms with Crippen molar-refractivity contribution >= 4 is 46.7 Å². The Balaban J connectivity index is 1.41. The number of anilines is 1. The highest BCUT2D eigenvalue weighted by Gasteiger charge is 2.34. The highest BCUT2D eigenvalue weighted by atomic mass is 35.5. The van der Waals surface area contributed by atoms with Gasteiger partial charge in [0.05, 0.1) is 15.6 Å². The van der Waals surface area contributed by atoms with E-state index in [2.05, 4.69) is 20.8 Å². The fourth-order valence-corrected chi connectivity index (χ4v) is 4.83. The third-order valence-corrected chi connectivity index (χ3v) is 6.65. The summed E-state index contributed by atoms with van der Waals surface area (Å²) in [6.07, 6.45) is 2.83. The molecule has 2 amide bonds. The second-order valence-electron chi connectivity index (χ2n) is 8.56. The second-order valence-corrected chi connectivity index (χ2v) is 9.37. The van der Waals surface area contributed by atoms with Crippen LogP contribution in [0.4, 0.5) is 5.69 Å². The number of aromatic nitrogens is 3. The second kappa shape index (κ2) is 11.1. The molecule has 0 aliphatic carbocycles. The van der Waals surface area contributed by atoms with E-state index >= 15 is 0 Å². The molecule has 4 rings (SSSR count). The number of carbonyl (C=O) groups excluding carboxylic acids is 2. The van der Waals surface area contributed by atoms with E-state index in [9.17, 15) is 19.5 Å². The molecular weight excluding hydrogens is 505 g/mol. The van der Waals surface area contributed by atoms with Crippen LogP contribution >= 0.6 is 23.2 Å². The molecule has 2 heterocycles. The van der Waals surface area contributed by atoms with E-state index < -0.39 is 24.0 Å². The molecule has 0 unspecified atom stereocenters. The molecule has 1 aliphatic rings. The van der Waals surface area contributed by atoms with E-state index in [1.165, 1.54) is 0 Å². The number of fused-ring (bicyclic) bond motifs is 1. The summed E-state index contributed by atoms with van der Waals surface area (Å²) >= 11 is 12.2. The minimum atomic E-state index is -1.13. The van der Waals surface area contributed by atoms with Gasteiger partial charge in [0.1, 0.15) is 23.7 Å². The fraction of sp³-hybridized carbons (Fsp3) is 0.320. The Hall–Kier alpha value is -3.43. The monoisotopic (exact) mass is 529 g/mol. The predicted octanol–water partition coefficient (Wildman–Crippen LogP) is 4.09. The van der Waals surface area contributed by atoms with Crippen molar-refractivity contribution in [1.82, 2.24) is 20.1 Å². The fourth-order valence-electron chi connectivity index (χ4n) is 4.26. The van der Waals surface area contributed by atoms with Crippen LogP contribution < -0.4 is 10.6 Å². The van der Waals surface area contributed by atoms with Crippen LogP contribution in [0.15, 0.2) is 42.5 Å². The SMILES string of the molecule is CCCc1nnc2n1[C@H](C(=O)N[C@@H](Cc1ccc(NC(=O)c3c(Cl)cccc3Cl)cc1)C(=O)O)CC2. The van der Waals surface area contributed by atoms with E-state index in [1.54, 1.807) is 42.5 Å². The maximum atomic E-state index is 13.0. The number of aliphatic carboxylic acids is 1. The molecule has 3 N–H and O–H groups in total. The van der Waals surface area contributed by atoms with E-state index in [-0.39, 0.29) is 27.9 Å². The van der Waals surface area contributed by atoms with Crippen LogP contribution in [-0.2, 0) is 28.9 Å². The summed E-state index contributed by atoms with van der Waals surface area (Å²) in [6.45, 7) is 2.02. The highest BCUT2D eigenvalue weighted by molar-refractivity contribution is 6.40. The van der Waals surface area contributed by atoms with Gasteiger partial charge in [0, 0.05) is 24.9 Å². The Bertz CT molecular complexity index is 1270. The molecular formula is C25H25Cl2N5O4. The average Bonchev–Trinajstić information content (AvgIpc) is 3.43. The largest absolute Gasteiger partial charge is 0.480 e. The summed E-state index contributed by atoms with van der Waals surface area (Å²) in [5.74, 6) is -0.459. The smallest absolute Gasteiger partial charge is 0.326 e. The van der Waals surface area contributed by atoms with Crippen LogP contribution in [0, 0.1) is 0 Å². The first-order chi connectivity index (χ1) is 17.3. The number of benzene rings is 2. The first kappa shape index (κ1) is 25.7. The van der Waals surface area contributed by atoms with E-state index in [4.69, 9.17) is 23.2 Å². The van der Waals surface area contributed by atoms with Crippen molar-refractivity contribution in [2.45, 2.75) is 51.1 Å². The van der Waals surface area contributed by atoms with Gasteiger partial charge >= 0.3 is 5.97 Å². The highest BCUT2D eigenvalue weighted by Crippen LogP contribution is 2.28. The molecule has 0 bridgehead atoms. The molecule has 0 spiro atoms. The summed E-state index contributed by atoms with van der Waals surface area (Å²) in [6, 6.07) is 9.85. The quantitative estimate of drug-likeness (QED) is 0.383. The van der Waals surface area contributed by atoms with Crippen LogP contribution in [-0.4, -0.2) is 43.7 Å². The lowest BCUT2D eigenvalue weighted by atomic mass is 10.0. The lowest BCUT2D eigenvalue weighted by molar-refractivity contribution is -0.142. The molecule has 36 heavy (non-hydrogen) atoms. The molecule has 11 heteroatoms. The third-order valence-electron chi connectivity index (χ3n) is 6.02. The molecule has 2 atom stereocenters. The van der Waals surface area contributed by atoms with Crippen molar-refractivity contribution in [3.8, 4) is 0 Å². The van der Waals surface area contributed by atoms with Gasteiger partial charge in [-0.25, -0.2) is 4.79 Å². The first-order valence-corrected chi connectivity index (χ1v) is 12.3. The summed E-state index contributed by atoms with van der Waals surface area (Å²) in [5, 5.41) is 23.9. The molecule has 188 valence electrons. The topological polar surface area (TPSA) is 126 Å². The summed E-state index contributed by atoms with van der Waals surface area (Å²) in [4.78, 5) is 37.5. The number of amides is 2. The molecule has 2 aromatic carbocycles. The number of nitrogens with zero attached hydrogens (tertiary/aromatic N) is 3. The number of hydrogen-bond acceptors (Lipinski definition) is 5. The van der Waals surface area contributed by atoms with Crippen molar-refractivity contribution in [2.75, 3.05) is 5.32 Å². The number of aryl methyl sites for hydroxylation is 2. The standard InChI is InChI=1S/C25H25Cl2N5O4/c1-2-4-20-30-31-21-12-11-19(32(20)21)23(33)29-18(25(35)36)13-14-7-9-15(10-8-14)28-24(34)22-16(26)5-3-6-17(22)27/h3,5-10,18-19H,2,4,11-13H2,1H3,(H,28,34)(H,29,33)(H,35,36)/t18-,19-/m0/s1. The number of carbonyl (C=O) groups is 3. The summed E-state index contributed by atoms with van der Waals surface area (Å²) in [7, 11) is 0. The molecule has 0 fully saturated rings. The van der Waals surface area contributed by atoms with Crippen molar-refractivity contribution in [3.05, 3.63) is 75.3 Å². The van der Waals surface area contributed by atoms with Gasteiger partial charge in [0.15, 0.2) is 0 Å². The Morgan fingerprint density at radius 3 is 2.44 bits per heavy atom. The zero-order valence-electron chi connectivity index (χ0n) is 19.5. The molecule has 0 radical (unpaired) electrons. The van der Waals surface area contributed by atoms with Crippen LogP contribution in [0.5, 0.6) is 0 Å². The zero-order valence-corrected chi connectivity index (χ0v) is 21.0. The number of carboxylic acids is 1.